The van der Waals surface area contributed by atoms with Crippen LogP contribution in [0.4, 0.5) is 0 Å². The van der Waals surface area contributed by atoms with Crippen LogP contribution in [0, 0.1) is 17.8 Å². The van der Waals surface area contributed by atoms with Crippen LogP contribution in [0.2, 0.25) is 0 Å². The van der Waals surface area contributed by atoms with Gasteiger partial charge in [-0.1, -0.05) is 56.3 Å². The van der Waals surface area contributed by atoms with Crippen molar-refractivity contribution in [1.29, 1.82) is 0 Å². The second kappa shape index (κ2) is 16.2. The number of thioether (sulfide) groups is 1. The van der Waals surface area contributed by atoms with Gasteiger partial charge in [0.1, 0.15) is 18.1 Å². The van der Waals surface area contributed by atoms with Crippen molar-refractivity contribution >= 4 is 35.2 Å². The highest BCUT2D eigenvalue weighted by Gasteiger charge is 2.31. The van der Waals surface area contributed by atoms with Gasteiger partial charge in [0.2, 0.25) is 5.91 Å². The van der Waals surface area contributed by atoms with Gasteiger partial charge in [0, 0.05) is 18.1 Å². The van der Waals surface area contributed by atoms with Crippen molar-refractivity contribution in [2.24, 2.45) is 17.8 Å². The molecule has 0 spiro atoms. The number of fused-ring (bicyclic) bond motifs is 16. The standard InChI is InChI=1S/C32H41NO6S/c1-22(2)31-29(35)18-27(23(3)34)21-40-16-8-7-15-38-28-13-11-24(12-14-28)17-26(32(37)33-31)19-30(36)39-20-25-9-5-4-6-10-25/h4-6,9-14,22,26-27,31H,7-8,15-21H2,1-3H3,(H,33,37)/t26-,27+,31+/m1/s1. The minimum absolute atomic E-state index is 0.0236. The van der Waals surface area contributed by atoms with Crippen molar-refractivity contribution in [3.05, 3.63) is 65.7 Å². The van der Waals surface area contributed by atoms with E-state index in [-0.39, 0.29) is 42.8 Å². The van der Waals surface area contributed by atoms with E-state index >= 15 is 0 Å². The first-order chi connectivity index (χ1) is 19.2. The Hall–Kier alpha value is -3.13. The predicted octanol–water partition coefficient (Wildman–Crippen LogP) is 5.19. The summed E-state index contributed by atoms with van der Waals surface area (Å²) in [6, 6.07) is 16.2. The SMILES string of the molecule is CC(=O)[C@@H]1CSCCCCOc2ccc(cc2)C[C@H](CC(=O)OCc2ccccc2)C(=O)N[C@@H](C(C)C)C(=O)C1. The van der Waals surface area contributed by atoms with Crippen LogP contribution >= 0.6 is 11.8 Å². The van der Waals surface area contributed by atoms with Gasteiger partial charge in [-0.25, -0.2) is 0 Å². The predicted molar refractivity (Wildman–Crippen MR) is 157 cm³/mol. The monoisotopic (exact) mass is 567 g/mol. The molecule has 40 heavy (non-hydrogen) atoms. The van der Waals surface area contributed by atoms with E-state index in [4.69, 9.17) is 9.47 Å². The average Bonchev–Trinajstić information content (AvgIpc) is 2.93. The molecule has 216 valence electrons. The highest BCUT2D eigenvalue weighted by atomic mass is 32.2. The van der Waals surface area contributed by atoms with Crippen molar-refractivity contribution in [3.8, 4) is 5.75 Å². The lowest BCUT2D eigenvalue weighted by molar-refractivity contribution is -0.148. The summed E-state index contributed by atoms with van der Waals surface area (Å²) in [5.74, 6) is -0.148. The molecule has 2 aliphatic heterocycles. The molecule has 1 N–H and O–H groups in total. The zero-order chi connectivity index (χ0) is 28.9. The number of hydrogen-bond donors (Lipinski definition) is 1. The van der Waals surface area contributed by atoms with Gasteiger partial charge in [0.25, 0.3) is 0 Å². The first-order valence-corrected chi connectivity index (χ1v) is 15.2. The van der Waals surface area contributed by atoms with E-state index in [1.807, 2.05) is 68.4 Å². The van der Waals surface area contributed by atoms with Crippen LogP contribution in [-0.2, 0) is 36.9 Å². The number of carbonyl (C=O) groups is 4. The molecule has 2 aromatic rings. The molecule has 0 unspecified atom stereocenters. The van der Waals surface area contributed by atoms with E-state index in [0.29, 0.717) is 18.8 Å². The molecule has 3 atom stereocenters. The van der Waals surface area contributed by atoms with Crippen LogP contribution in [0.15, 0.2) is 54.6 Å². The largest absolute Gasteiger partial charge is 0.494 e. The number of carbonyl (C=O) groups excluding carboxylic acids is 4. The Labute approximate surface area is 241 Å². The molecule has 0 radical (unpaired) electrons. The maximum atomic E-state index is 13.6. The van der Waals surface area contributed by atoms with Crippen molar-refractivity contribution < 1.29 is 28.7 Å². The number of amides is 1. The molecule has 0 fully saturated rings. The van der Waals surface area contributed by atoms with E-state index in [0.717, 1.165) is 35.5 Å². The third-order valence-electron chi connectivity index (χ3n) is 7.04. The van der Waals surface area contributed by atoms with E-state index in [9.17, 15) is 19.2 Å². The van der Waals surface area contributed by atoms with Crippen LogP contribution in [-0.4, -0.2) is 47.6 Å². The minimum Gasteiger partial charge on any atom is -0.494 e. The lowest BCUT2D eigenvalue weighted by atomic mass is 9.90. The molecule has 0 aromatic heterocycles. The molecule has 2 aliphatic rings. The van der Waals surface area contributed by atoms with E-state index in [2.05, 4.69) is 5.32 Å². The Morgan fingerprint density at radius 3 is 2.42 bits per heavy atom. The lowest BCUT2D eigenvalue weighted by Gasteiger charge is -2.26. The summed E-state index contributed by atoms with van der Waals surface area (Å²) >= 11 is 1.67. The van der Waals surface area contributed by atoms with E-state index in [1.54, 1.807) is 11.8 Å². The Kier molecular flexibility index (Phi) is 12.7. The fourth-order valence-electron chi connectivity index (χ4n) is 4.56. The van der Waals surface area contributed by atoms with E-state index < -0.39 is 23.8 Å². The van der Waals surface area contributed by atoms with E-state index in [1.165, 1.54) is 6.92 Å². The van der Waals surface area contributed by atoms with Gasteiger partial charge in [-0.2, -0.15) is 11.8 Å². The number of Topliss-reactive ketones (excluding diaryl/α,β-unsaturated/α-hetero) is 2. The van der Waals surface area contributed by atoms with Crippen molar-refractivity contribution in [2.75, 3.05) is 18.1 Å². The molecule has 0 saturated heterocycles. The van der Waals surface area contributed by atoms with Gasteiger partial charge in [-0.05, 0) is 61.1 Å². The molecular weight excluding hydrogens is 526 g/mol. The third kappa shape index (κ3) is 10.5. The fraction of sp³-hybridized carbons (Fsp3) is 0.500. The Balaban J connectivity index is 1.80. The molecule has 1 amide bonds. The topological polar surface area (TPSA) is 98.8 Å². The average molecular weight is 568 g/mol. The summed E-state index contributed by atoms with van der Waals surface area (Å²) in [5.41, 5.74) is 1.74. The summed E-state index contributed by atoms with van der Waals surface area (Å²) in [6.07, 6.45) is 2.11. The zero-order valence-corrected chi connectivity index (χ0v) is 24.5. The van der Waals surface area contributed by atoms with Crippen LogP contribution in [0.1, 0.15) is 57.6 Å². The molecule has 2 bridgehead atoms. The quantitative estimate of drug-likeness (QED) is 0.480. The number of benzene rings is 2. The van der Waals surface area contributed by atoms with Gasteiger partial charge in [0.15, 0.2) is 5.78 Å². The summed E-state index contributed by atoms with van der Waals surface area (Å²) in [7, 11) is 0. The smallest absolute Gasteiger partial charge is 0.306 e. The van der Waals surface area contributed by atoms with Crippen LogP contribution < -0.4 is 10.1 Å². The first kappa shape index (κ1) is 31.4. The zero-order valence-electron chi connectivity index (χ0n) is 23.7. The molecule has 0 aliphatic carbocycles. The summed E-state index contributed by atoms with van der Waals surface area (Å²) in [5, 5.41) is 2.92. The highest BCUT2D eigenvalue weighted by molar-refractivity contribution is 7.99. The molecule has 2 aromatic carbocycles. The Morgan fingerprint density at radius 1 is 1.02 bits per heavy atom. The molecule has 4 rings (SSSR count). The molecule has 2 heterocycles. The molecule has 8 heteroatoms. The minimum atomic E-state index is -0.750. The second-order valence-corrected chi connectivity index (χ2v) is 11.9. The number of ether oxygens (including phenoxy) is 2. The number of ketones is 2. The second-order valence-electron chi connectivity index (χ2n) is 10.7. The summed E-state index contributed by atoms with van der Waals surface area (Å²) in [6.45, 7) is 5.97. The first-order valence-electron chi connectivity index (χ1n) is 14.1. The number of rotatable bonds is 6. The van der Waals surface area contributed by atoms with Crippen molar-refractivity contribution in [1.82, 2.24) is 5.32 Å². The highest BCUT2D eigenvalue weighted by Crippen LogP contribution is 2.22. The van der Waals surface area contributed by atoms with Crippen molar-refractivity contribution in [3.63, 3.8) is 0 Å². The lowest BCUT2D eigenvalue weighted by Crippen LogP contribution is -2.48. The van der Waals surface area contributed by atoms with Gasteiger partial charge in [-0.3, -0.25) is 19.2 Å². The molecular formula is C32H41NO6S. The van der Waals surface area contributed by atoms with Gasteiger partial charge in [0.05, 0.1) is 25.0 Å². The normalized spacial score (nSPS) is 21.4. The van der Waals surface area contributed by atoms with Gasteiger partial charge in [-0.15, -0.1) is 0 Å². The summed E-state index contributed by atoms with van der Waals surface area (Å²) in [4.78, 5) is 52.1. The Bertz CT molecular complexity index is 1120. The summed E-state index contributed by atoms with van der Waals surface area (Å²) < 4.78 is 11.3. The molecule has 0 saturated carbocycles. The number of nitrogens with one attached hydrogen (secondary N) is 1. The van der Waals surface area contributed by atoms with Gasteiger partial charge < -0.3 is 14.8 Å². The van der Waals surface area contributed by atoms with Crippen LogP contribution in [0.5, 0.6) is 5.75 Å². The fourth-order valence-corrected chi connectivity index (χ4v) is 5.78. The maximum Gasteiger partial charge on any atom is 0.306 e. The number of esters is 1. The van der Waals surface area contributed by atoms with Crippen LogP contribution in [0.3, 0.4) is 0 Å². The maximum absolute atomic E-state index is 13.6. The van der Waals surface area contributed by atoms with Crippen molar-refractivity contribution in [2.45, 2.75) is 65.5 Å². The molecule has 7 nitrogen and oxygen atoms in total. The number of hydrogen-bond acceptors (Lipinski definition) is 7. The third-order valence-corrected chi connectivity index (χ3v) is 8.25. The Morgan fingerprint density at radius 2 is 1.75 bits per heavy atom. The van der Waals surface area contributed by atoms with Crippen LogP contribution in [0.25, 0.3) is 0 Å². The van der Waals surface area contributed by atoms with Gasteiger partial charge >= 0.3 is 5.97 Å².